The van der Waals surface area contributed by atoms with Crippen molar-refractivity contribution in [3.63, 3.8) is 0 Å². The molecule has 126 valence electrons. The molecule has 0 unspecified atom stereocenters. The van der Waals surface area contributed by atoms with Gasteiger partial charge in [-0.1, -0.05) is 22.1 Å². The first kappa shape index (κ1) is 15.3. The third-order valence-electron chi connectivity index (χ3n) is 4.27. The third kappa shape index (κ3) is 2.27. The van der Waals surface area contributed by atoms with Gasteiger partial charge in [0.15, 0.2) is 11.2 Å². The van der Waals surface area contributed by atoms with Crippen molar-refractivity contribution in [2.24, 2.45) is 0 Å². The van der Waals surface area contributed by atoms with Gasteiger partial charge in [-0.3, -0.25) is 4.79 Å². The summed E-state index contributed by atoms with van der Waals surface area (Å²) in [4.78, 5) is 22.0. The molecule has 0 amide bonds. The third-order valence-corrected chi connectivity index (χ3v) is 4.27. The van der Waals surface area contributed by atoms with E-state index in [4.69, 9.17) is 4.74 Å². The highest BCUT2D eigenvalue weighted by atomic mass is 16.5. The van der Waals surface area contributed by atoms with Crippen molar-refractivity contribution in [2.75, 3.05) is 7.11 Å². The molecule has 25 heavy (non-hydrogen) atoms. The second-order valence-corrected chi connectivity index (χ2v) is 5.77. The average molecular weight is 336 g/mol. The molecular formula is C18H18N5O2+. The molecule has 0 aliphatic heterocycles. The summed E-state index contributed by atoms with van der Waals surface area (Å²) in [7, 11) is 1.62. The Morgan fingerprint density at radius 3 is 2.80 bits per heavy atom. The molecule has 7 nitrogen and oxygen atoms in total. The fraction of sp³-hybridized carbons (Fsp3) is 0.222. The minimum atomic E-state index is -0.0879. The van der Waals surface area contributed by atoms with Gasteiger partial charge in [-0.15, -0.1) is 4.52 Å². The van der Waals surface area contributed by atoms with Crippen LogP contribution in [0.1, 0.15) is 12.7 Å². The van der Waals surface area contributed by atoms with Crippen LogP contribution >= 0.6 is 0 Å². The van der Waals surface area contributed by atoms with Gasteiger partial charge in [0.2, 0.25) is 5.82 Å². The van der Waals surface area contributed by atoms with Crippen LogP contribution in [0.4, 0.5) is 0 Å². The standard InChI is InChI=1S/C18H17N5O2/c1-4-22-10-9-13-15(17(22)24)16(12-7-5-6-8-14(12)25-3)23-18(20-13)19-11(2)21-23/h5-10H,4H2,1-3H3/p+1. The molecule has 0 aliphatic carbocycles. The Morgan fingerprint density at radius 1 is 1.24 bits per heavy atom. The quantitative estimate of drug-likeness (QED) is 0.579. The first-order valence-electron chi connectivity index (χ1n) is 8.09. The topological polar surface area (TPSA) is 76.9 Å². The summed E-state index contributed by atoms with van der Waals surface area (Å²) in [6.07, 6.45) is 1.76. The van der Waals surface area contributed by atoms with E-state index >= 15 is 0 Å². The SMILES string of the molecule is CCn1ccc2nc3nc(C)[nH][n+]3c(-c3ccccc3OC)c2c1=O. The maximum Gasteiger partial charge on any atom is 0.458 e. The predicted octanol–water partition coefficient (Wildman–Crippen LogP) is 1.86. The zero-order valence-corrected chi connectivity index (χ0v) is 14.3. The highest BCUT2D eigenvalue weighted by Gasteiger charge is 2.25. The molecule has 7 heteroatoms. The molecule has 0 spiro atoms. The summed E-state index contributed by atoms with van der Waals surface area (Å²) in [5, 5.41) is 3.71. The lowest BCUT2D eigenvalue weighted by Gasteiger charge is -2.10. The fourth-order valence-electron chi connectivity index (χ4n) is 3.11. The molecule has 0 saturated heterocycles. The number of hydrogen-bond acceptors (Lipinski definition) is 4. The van der Waals surface area contributed by atoms with Crippen molar-refractivity contribution >= 4 is 16.7 Å². The van der Waals surface area contributed by atoms with Crippen LogP contribution in [0.3, 0.4) is 0 Å². The van der Waals surface area contributed by atoms with Crippen molar-refractivity contribution in [1.29, 1.82) is 0 Å². The summed E-state index contributed by atoms with van der Waals surface area (Å²) >= 11 is 0. The number of ether oxygens (including phenoxy) is 1. The first-order chi connectivity index (χ1) is 12.1. The van der Waals surface area contributed by atoms with Crippen LogP contribution in [0.5, 0.6) is 5.75 Å². The molecule has 0 bridgehead atoms. The second kappa shape index (κ2) is 5.70. The number of rotatable bonds is 3. The Morgan fingerprint density at radius 2 is 2.04 bits per heavy atom. The van der Waals surface area contributed by atoms with E-state index in [0.717, 1.165) is 11.4 Å². The van der Waals surface area contributed by atoms with Crippen LogP contribution in [-0.4, -0.2) is 26.7 Å². The lowest BCUT2D eigenvalue weighted by Crippen LogP contribution is -2.32. The molecule has 0 aliphatic rings. The van der Waals surface area contributed by atoms with Gasteiger partial charge < -0.3 is 9.30 Å². The lowest BCUT2D eigenvalue weighted by atomic mass is 10.1. The van der Waals surface area contributed by atoms with Gasteiger partial charge in [0.1, 0.15) is 11.1 Å². The highest BCUT2D eigenvalue weighted by molar-refractivity contribution is 5.92. The van der Waals surface area contributed by atoms with Crippen LogP contribution < -0.4 is 14.8 Å². The number of fused-ring (bicyclic) bond motifs is 2. The average Bonchev–Trinajstić information content (AvgIpc) is 3.00. The van der Waals surface area contributed by atoms with Gasteiger partial charge >= 0.3 is 5.78 Å². The maximum absolute atomic E-state index is 13.0. The largest absolute Gasteiger partial charge is 0.496 e. The molecule has 1 aromatic carbocycles. The molecule has 0 radical (unpaired) electrons. The molecule has 4 rings (SSSR count). The van der Waals surface area contributed by atoms with Crippen molar-refractivity contribution < 1.29 is 9.25 Å². The van der Waals surface area contributed by atoms with E-state index < -0.39 is 0 Å². The van der Waals surface area contributed by atoms with Crippen molar-refractivity contribution in [2.45, 2.75) is 20.4 Å². The normalized spacial score (nSPS) is 11.3. The molecule has 0 fully saturated rings. The van der Waals surface area contributed by atoms with Crippen molar-refractivity contribution in [1.82, 2.24) is 19.6 Å². The number of aromatic nitrogens is 5. The van der Waals surface area contributed by atoms with Crippen LogP contribution in [0.15, 0.2) is 41.3 Å². The van der Waals surface area contributed by atoms with Gasteiger partial charge in [0.05, 0.1) is 12.7 Å². The van der Waals surface area contributed by atoms with Gasteiger partial charge in [-0.05, 0) is 25.1 Å². The fourth-order valence-corrected chi connectivity index (χ4v) is 3.11. The van der Waals surface area contributed by atoms with Gasteiger partial charge in [-0.25, -0.2) is 5.10 Å². The Balaban J connectivity index is 2.27. The minimum Gasteiger partial charge on any atom is -0.496 e. The summed E-state index contributed by atoms with van der Waals surface area (Å²) in [6, 6.07) is 9.47. The number of benzene rings is 1. The van der Waals surface area contributed by atoms with E-state index in [-0.39, 0.29) is 5.56 Å². The van der Waals surface area contributed by atoms with Crippen LogP contribution in [0, 0.1) is 6.92 Å². The molecule has 1 N–H and O–H groups in total. The number of nitrogens with one attached hydrogen (secondary N) is 1. The smallest absolute Gasteiger partial charge is 0.458 e. The van der Waals surface area contributed by atoms with Gasteiger partial charge in [0.25, 0.3) is 5.56 Å². The van der Waals surface area contributed by atoms with E-state index in [1.807, 2.05) is 44.2 Å². The minimum absolute atomic E-state index is 0.0879. The Kier molecular flexibility index (Phi) is 3.49. The van der Waals surface area contributed by atoms with Crippen LogP contribution in [0.2, 0.25) is 0 Å². The monoisotopic (exact) mass is 336 g/mol. The molecule has 4 aromatic rings. The molecule has 0 atom stereocenters. The van der Waals surface area contributed by atoms with Crippen LogP contribution in [-0.2, 0) is 6.54 Å². The van der Waals surface area contributed by atoms with Crippen LogP contribution in [0.25, 0.3) is 27.9 Å². The van der Waals surface area contributed by atoms with Crippen molar-refractivity contribution in [3.8, 4) is 17.0 Å². The molecule has 3 heterocycles. The summed E-state index contributed by atoms with van der Waals surface area (Å²) in [5.41, 5.74) is 2.03. The number of para-hydroxylation sites is 1. The highest BCUT2D eigenvalue weighted by Crippen LogP contribution is 2.30. The summed E-state index contributed by atoms with van der Waals surface area (Å²) in [5.74, 6) is 1.91. The number of methoxy groups -OCH3 is 1. The zero-order valence-electron chi connectivity index (χ0n) is 14.3. The number of hydrogen-bond donors (Lipinski definition) is 1. The maximum atomic E-state index is 13.0. The van der Waals surface area contributed by atoms with E-state index in [1.165, 1.54) is 0 Å². The second-order valence-electron chi connectivity index (χ2n) is 5.77. The van der Waals surface area contributed by atoms with Gasteiger partial charge in [0, 0.05) is 19.7 Å². The summed E-state index contributed by atoms with van der Waals surface area (Å²) < 4.78 is 8.94. The Bertz CT molecular complexity index is 1160. The number of H-pyrrole nitrogens is 1. The number of nitrogens with zero attached hydrogens (tertiary/aromatic N) is 4. The van der Waals surface area contributed by atoms with E-state index in [0.29, 0.717) is 34.7 Å². The van der Waals surface area contributed by atoms with E-state index in [9.17, 15) is 4.79 Å². The first-order valence-corrected chi connectivity index (χ1v) is 8.09. The number of pyridine rings is 1. The Hall–Kier alpha value is -3.22. The lowest BCUT2D eigenvalue weighted by molar-refractivity contribution is -0.567. The van der Waals surface area contributed by atoms with E-state index in [2.05, 4.69) is 15.1 Å². The van der Waals surface area contributed by atoms with Gasteiger partial charge in [-0.2, -0.15) is 0 Å². The predicted molar refractivity (Wildman–Crippen MR) is 93.7 cm³/mol. The number of aromatic amines is 1. The summed E-state index contributed by atoms with van der Waals surface area (Å²) in [6.45, 7) is 4.38. The molecule has 0 saturated carbocycles. The molecule has 3 aromatic heterocycles. The van der Waals surface area contributed by atoms with E-state index in [1.54, 1.807) is 22.4 Å². The molecular weight excluding hydrogens is 318 g/mol. The number of aryl methyl sites for hydroxylation is 2. The van der Waals surface area contributed by atoms with Crippen molar-refractivity contribution in [3.05, 3.63) is 52.7 Å². The Labute approximate surface area is 143 Å². The zero-order chi connectivity index (χ0) is 17.6.